The molecule has 0 spiro atoms. The summed E-state index contributed by atoms with van der Waals surface area (Å²) in [7, 11) is -3.66. The number of anilines is 1. The van der Waals surface area contributed by atoms with Crippen molar-refractivity contribution < 1.29 is 17.7 Å². The van der Waals surface area contributed by atoms with Crippen LogP contribution in [0.1, 0.15) is 11.3 Å². The van der Waals surface area contributed by atoms with E-state index < -0.39 is 15.9 Å². The van der Waals surface area contributed by atoms with E-state index in [0.29, 0.717) is 11.3 Å². The van der Waals surface area contributed by atoms with Gasteiger partial charge >= 0.3 is 0 Å². The first-order valence-electron chi connectivity index (χ1n) is 7.26. The van der Waals surface area contributed by atoms with E-state index >= 15 is 0 Å². The van der Waals surface area contributed by atoms with Crippen LogP contribution in [0, 0.1) is 6.92 Å². The summed E-state index contributed by atoms with van der Waals surface area (Å²) in [4.78, 5) is 12.1. The van der Waals surface area contributed by atoms with E-state index in [1.807, 2.05) is 6.07 Å². The molecule has 1 heterocycles. The molecule has 0 aliphatic heterocycles. The maximum atomic E-state index is 12.5. The fourth-order valence-electron chi connectivity index (χ4n) is 2.06. The lowest BCUT2D eigenvalue weighted by Gasteiger charge is -2.20. The number of hydrogen-bond acceptors (Lipinski definition) is 5. The molecular weight excluding hydrogens is 330 g/mol. The lowest BCUT2D eigenvalue weighted by atomic mass is 10.2. The lowest BCUT2D eigenvalue weighted by Crippen LogP contribution is -2.38. The van der Waals surface area contributed by atoms with Gasteiger partial charge in [0.2, 0.25) is 15.9 Å². The van der Waals surface area contributed by atoms with Crippen LogP contribution >= 0.6 is 0 Å². The third-order valence-corrected chi connectivity index (χ3v) is 4.90. The molecule has 0 saturated carbocycles. The maximum absolute atomic E-state index is 12.5. The Balaban J connectivity index is 2.07. The molecule has 0 aliphatic rings. The Bertz CT molecular complexity index is 800. The van der Waals surface area contributed by atoms with E-state index in [-0.39, 0.29) is 24.7 Å². The average Bonchev–Trinajstić information content (AvgIpc) is 2.92. The van der Waals surface area contributed by atoms with Gasteiger partial charge in [0, 0.05) is 12.6 Å². The van der Waals surface area contributed by atoms with Crippen molar-refractivity contribution in [2.45, 2.75) is 12.7 Å². The molecule has 1 aromatic heterocycles. The zero-order chi connectivity index (χ0) is 17.6. The minimum atomic E-state index is -3.66. The van der Waals surface area contributed by atoms with Crippen molar-refractivity contribution >= 4 is 21.7 Å². The molecule has 128 valence electrons. The first-order valence-corrected chi connectivity index (χ1v) is 8.87. The lowest BCUT2D eigenvalue weighted by molar-refractivity contribution is -0.116. The molecule has 0 saturated heterocycles. The Labute approximate surface area is 141 Å². The molecule has 7 nitrogen and oxygen atoms in total. The van der Waals surface area contributed by atoms with E-state index in [4.69, 9.17) is 4.52 Å². The molecule has 24 heavy (non-hydrogen) atoms. The summed E-state index contributed by atoms with van der Waals surface area (Å²) < 4.78 is 31.0. The Morgan fingerprint density at radius 2 is 2.08 bits per heavy atom. The summed E-state index contributed by atoms with van der Waals surface area (Å²) in [6.07, 6.45) is 1.44. The van der Waals surface area contributed by atoms with Crippen LogP contribution in [-0.4, -0.2) is 36.9 Å². The van der Waals surface area contributed by atoms with Gasteiger partial charge in [-0.1, -0.05) is 41.6 Å². The van der Waals surface area contributed by atoms with Gasteiger partial charge < -0.3 is 9.84 Å². The van der Waals surface area contributed by atoms with Gasteiger partial charge in [0.05, 0.1) is 12.3 Å². The Kier molecular flexibility index (Phi) is 5.88. The highest BCUT2D eigenvalue weighted by Crippen LogP contribution is 2.12. The summed E-state index contributed by atoms with van der Waals surface area (Å²) in [5.74, 6) is 0.112. The fourth-order valence-corrected chi connectivity index (χ4v) is 3.51. The molecule has 1 amide bonds. The topological polar surface area (TPSA) is 92.5 Å². The number of aromatic nitrogens is 1. The number of benzene rings is 1. The number of rotatable bonds is 8. The van der Waals surface area contributed by atoms with Crippen molar-refractivity contribution in [1.82, 2.24) is 9.46 Å². The quantitative estimate of drug-likeness (QED) is 0.735. The molecule has 8 heteroatoms. The highest BCUT2D eigenvalue weighted by atomic mass is 32.2. The van der Waals surface area contributed by atoms with Crippen LogP contribution in [0.25, 0.3) is 0 Å². The summed E-state index contributed by atoms with van der Waals surface area (Å²) in [6.45, 7) is 4.96. The van der Waals surface area contributed by atoms with Crippen molar-refractivity contribution in [3.05, 3.63) is 60.4 Å². The number of aryl methyl sites for hydroxylation is 1. The van der Waals surface area contributed by atoms with Crippen molar-refractivity contribution in [2.24, 2.45) is 0 Å². The monoisotopic (exact) mass is 349 g/mol. The van der Waals surface area contributed by atoms with E-state index in [1.54, 1.807) is 37.3 Å². The summed E-state index contributed by atoms with van der Waals surface area (Å²) in [5.41, 5.74) is 0.652. The van der Waals surface area contributed by atoms with Crippen LogP contribution < -0.4 is 5.32 Å². The van der Waals surface area contributed by atoms with Crippen LogP contribution in [0.3, 0.4) is 0 Å². The second kappa shape index (κ2) is 7.89. The number of carbonyl (C=O) groups is 1. The van der Waals surface area contributed by atoms with E-state index in [9.17, 15) is 13.2 Å². The van der Waals surface area contributed by atoms with Crippen LogP contribution in [0.2, 0.25) is 0 Å². The molecule has 0 radical (unpaired) electrons. The van der Waals surface area contributed by atoms with Crippen molar-refractivity contribution in [1.29, 1.82) is 0 Å². The van der Waals surface area contributed by atoms with Gasteiger partial charge in [0.25, 0.3) is 0 Å². The molecule has 1 N–H and O–H groups in total. The number of amides is 1. The summed E-state index contributed by atoms with van der Waals surface area (Å²) in [5, 5.41) is 6.15. The number of carbonyl (C=O) groups excluding carboxylic acids is 1. The van der Waals surface area contributed by atoms with E-state index in [0.717, 1.165) is 4.31 Å². The highest BCUT2D eigenvalue weighted by Gasteiger charge is 2.24. The molecule has 1 aromatic carbocycles. The molecule has 0 fully saturated rings. The number of hydrogen-bond donors (Lipinski definition) is 1. The van der Waals surface area contributed by atoms with Gasteiger partial charge in [-0.25, -0.2) is 8.42 Å². The second-order valence-electron chi connectivity index (χ2n) is 5.19. The predicted molar refractivity (Wildman–Crippen MR) is 90.7 cm³/mol. The van der Waals surface area contributed by atoms with Gasteiger partial charge in [-0.3, -0.25) is 4.79 Å². The normalized spacial score (nSPS) is 11.4. The Hall–Kier alpha value is -2.45. The summed E-state index contributed by atoms with van der Waals surface area (Å²) >= 11 is 0. The third-order valence-electron chi connectivity index (χ3n) is 3.13. The van der Waals surface area contributed by atoms with Gasteiger partial charge in [0.1, 0.15) is 5.76 Å². The molecule has 2 aromatic rings. The molecular formula is C16H19N3O4S. The third kappa shape index (κ3) is 5.04. The van der Waals surface area contributed by atoms with Crippen molar-refractivity contribution in [3.63, 3.8) is 0 Å². The Morgan fingerprint density at radius 3 is 2.67 bits per heavy atom. The zero-order valence-electron chi connectivity index (χ0n) is 13.3. The minimum Gasteiger partial charge on any atom is -0.360 e. The number of nitrogens with zero attached hydrogens (tertiary/aromatic N) is 2. The smallest absolute Gasteiger partial charge is 0.240 e. The van der Waals surface area contributed by atoms with Crippen LogP contribution in [0.5, 0.6) is 0 Å². The highest BCUT2D eigenvalue weighted by molar-refractivity contribution is 7.88. The molecule has 0 unspecified atom stereocenters. The first kappa shape index (κ1) is 17.9. The summed E-state index contributed by atoms with van der Waals surface area (Å²) in [6, 6.07) is 10.3. The Morgan fingerprint density at radius 1 is 1.38 bits per heavy atom. The number of sulfonamides is 1. The van der Waals surface area contributed by atoms with Crippen molar-refractivity contribution in [3.8, 4) is 0 Å². The average molecular weight is 349 g/mol. The number of nitrogens with one attached hydrogen (secondary N) is 1. The van der Waals surface area contributed by atoms with E-state index in [2.05, 4.69) is 17.1 Å². The minimum absolute atomic E-state index is 0.0421. The van der Waals surface area contributed by atoms with Crippen LogP contribution in [0.4, 0.5) is 5.82 Å². The standard InChI is InChI=1S/C16H19N3O4S/c1-3-9-19(11-16(20)17-15-10-13(2)23-18-15)24(21,22)12-14-7-5-4-6-8-14/h3-8,10H,1,9,11-12H2,2H3,(H,17,18,20). The van der Waals surface area contributed by atoms with Crippen molar-refractivity contribution in [2.75, 3.05) is 18.4 Å². The van der Waals surface area contributed by atoms with E-state index in [1.165, 1.54) is 6.08 Å². The predicted octanol–water partition coefficient (Wildman–Crippen LogP) is 1.94. The second-order valence-corrected chi connectivity index (χ2v) is 7.16. The zero-order valence-corrected chi connectivity index (χ0v) is 14.1. The molecule has 2 rings (SSSR count). The fraction of sp³-hybridized carbons (Fsp3) is 0.250. The first-order chi connectivity index (χ1) is 11.4. The van der Waals surface area contributed by atoms with Gasteiger partial charge in [-0.05, 0) is 12.5 Å². The largest absolute Gasteiger partial charge is 0.360 e. The van der Waals surface area contributed by atoms with Gasteiger partial charge in [-0.2, -0.15) is 4.31 Å². The maximum Gasteiger partial charge on any atom is 0.240 e. The van der Waals surface area contributed by atoms with Gasteiger partial charge in [-0.15, -0.1) is 6.58 Å². The van der Waals surface area contributed by atoms with Crippen LogP contribution in [0.15, 0.2) is 53.6 Å². The van der Waals surface area contributed by atoms with Gasteiger partial charge in [0.15, 0.2) is 5.82 Å². The molecule has 0 atom stereocenters. The molecule has 0 aliphatic carbocycles. The van der Waals surface area contributed by atoms with Crippen LogP contribution in [-0.2, 0) is 20.6 Å². The molecule has 0 bridgehead atoms. The SMILES string of the molecule is C=CCN(CC(=O)Nc1cc(C)on1)S(=O)(=O)Cc1ccccc1.